The lowest BCUT2D eigenvalue weighted by molar-refractivity contribution is 0.0966. The molecule has 0 aliphatic carbocycles. The van der Waals surface area contributed by atoms with Crippen LogP contribution < -0.4 is 11.5 Å². The molecule has 0 aromatic rings. The third-order valence-corrected chi connectivity index (χ3v) is 0.268. The van der Waals surface area contributed by atoms with Crippen LogP contribution in [0.3, 0.4) is 0 Å². The van der Waals surface area contributed by atoms with E-state index >= 15 is 0 Å². The van der Waals surface area contributed by atoms with Crippen LogP contribution in [-0.2, 0) is 4.74 Å². The van der Waals surface area contributed by atoms with Gasteiger partial charge in [-0.15, -0.1) is 0 Å². The van der Waals surface area contributed by atoms with E-state index in [2.05, 4.69) is 16.2 Å². The van der Waals surface area contributed by atoms with Gasteiger partial charge in [0.15, 0.2) is 5.96 Å². The van der Waals surface area contributed by atoms with Gasteiger partial charge >= 0.3 is 6.16 Å². The van der Waals surface area contributed by atoms with E-state index in [1.165, 1.54) is 0 Å². The van der Waals surface area contributed by atoms with Crippen LogP contribution in [0.5, 0.6) is 0 Å². The average molecular weight is 149 g/mol. The molecular formula is C4H11N3O3. The highest BCUT2D eigenvalue weighted by Crippen LogP contribution is 1.69. The first-order valence-corrected chi connectivity index (χ1v) is 2.45. The predicted octanol–water partition coefficient (Wildman–Crippen LogP) is -0.461. The van der Waals surface area contributed by atoms with E-state index in [-0.39, 0.29) is 12.6 Å². The quantitative estimate of drug-likeness (QED) is 0.228. The second kappa shape index (κ2) is 7.54. The van der Waals surface area contributed by atoms with Gasteiger partial charge in [-0.1, -0.05) is 0 Å². The fraction of sp³-hybridized carbons (Fsp3) is 0.500. The lowest BCUT2D eigenvalue weighted by Gasteiger charge is -1.87. The minimum atomic E-state index is -1.21. The smallest absolute Gasteiger partial charge is 0.450 e. The minimum absolute atomic E-state index is 0.231. The van der Waals surface area contributed by atoms with Crippen LogP contribution in [-0.4, -0.2) is 23.8 Å². The Hall–Kier alpha value is -1.46. The summed E-state index contributed by atoms with van der Waals surface area (Å²) in [5.74, 6) is -0.333. The van der Waals surface area contributed by atoms with Crippen LogP contribution in [0.25, 0.3) is 0 Å². The van der Waals surface area contributed by atoms with E-state index in [1.807, 2.05) is 0 Å². The largest absolute Gasteiger partial charge is 0.505 e. The Balaban J connectivity index is 0. The number of carboxylic acid groups (broad SMARTS) is 1. The van der Waals surface area contributed by atoms with Crippen LogP contribution in [0.2, 0.25) is 0 Å². The van der Waals surface area contributed by atoms with Crippen molar-refractivity contribution in [1.82, 2.24) is 0 Å². The first kappa shape index (κ1) is 11.4. The van der Waals surface area contributed by atoms with Gasteiger partial charge in [0.1, 0.15) is 0 Å². The van der Waals surface area contributed by atoms with E-state index in [4.69, 9.17) is 10.5 Å². The Morgan fingerprint density at radius 1 is 1.70 bits per heavy atom. The third kappa shape index (κ3) is 84.6. The van der Waals surface area contributed by atoms with Gasteiger partial charge in [0.05, 0.1) is 6.61 Å². The number of hydrogen-bond acceptors (Lipinski definition) is 3. The van der Waals surface area contributed by atoms with E-state index in [1.54, 1.807) is 6.92 Å². The van der Waals surface area contributed by atoms with Crippen molar-refractivity contribution in [2.24, 2.45) is 11.5 Å². The van der Waals surface area contributed by atoms with Crippen molar-refractivity contribution in [1.29, 1.82) is 5.41 Å². The number of hydrogen-bond donors (Lipinski definition) is 4. The van der Waals surface area contributed by atoms with E-state index in [9.17, 15) is 4.79 Å². The maximum Gasteiger partial charge on any atom is 0.505 e. The monoisotopic (exact) mass is 149 g/mol. The summed E-state index contributed by atoms with van der Waals surface area (Å²) in [6.07, 6.45) is -1.21. The topological polar surface area (TPSA) is 122 Å². The molecule has 0 unspecified atom stereocenters. The summed E-state index contributed by atoms with van der Waals surface area (Å²) in [4.78, 5) is 9.38. The van der Waals surface area contributed by atoms with Crippen molar-refractivity contribution >= 4 is 12.1 Å². The number of carbonyl (C=O) groups is 1. The van der Waals surface area contributed by atoms with Crippen molar-refractivity contribution in [2.75, 3.05) is 6.61 Å². The summed E-state index contributed by atoms with van der Waals surface area (Å²) in [5.41, 5.74) is 8.94. The molecule has 0 aliphatic rings. The molecule has 0 spiro atoms. The van der Waals surface area contributed by atoms with Gasteiger partial charge in [-0.05, 0) is 6.92 Å². The van der Waals surface area contributed by atoms with Crippen LogP contribution >= 0.6 is 0 Å². The molecule has 6 N–H and O–H groups in total. The van der Waals surface area contributed by atoms with Gasteiger partial charge < -0.3 is 21.3 Å². The molecule has 0 radical (unpaired) electrons. The van der Waals surface area contributed by atoms with Gasteiger partial charge in [-0.3, -0.25) is 5.41 Å². The lowest BCUT2D eigenvalue weighted by Crippen LogP contribution is -2.20. The molecule has 0 heterocycles. The molecular weight excluding hydrogens is 138 g/mol. The first-order valence-electron chi connectivity index (χ1n) is 2.45. The fourth-order valence-electron chi connectivity index (χ4n) is 0.123. The normalized spacial score (nSPS) is 6.90. The van der Waals surface area contributed by atoms with Gasteiger partial charge in [0.25, 0.3) is 0 Å². The molecule has 0 aromatic heterocycles. The summed E-state index contributed by atoms with van der Waals surface area (Å²) < 4.78 is 3.96. The Labute approximate surface area is 58.3 Å². The molecule has 0 saturated heterocycles. The average Bonchev–Trinajstić information content (AvgIpc) is 1.62. The molecule has 0 bridgehead atoms. The second-order valence-corrected chi connectivity index (χ2v) is 1.15. The maximum absolute atomic E-state index is 9.38. The summed E-state index contributed by atoms with van der Waals surface area (Å²) >= 11 is 0. The van der Waals surface area contributed by atoms with Gasteiger partial charge in [-0.2, -0.15) is 0 Å². The Bertz CT molecular complexity index is 110. The molecule has 10 heavy (non-hydrogen) atoms. The van der Waals surface area contributed by atoms with Crippen molar-refractivity contribution in [2.45, 2.75) is 6.92 Å². The number of nitrogens with one attached hydrogen (secondary N) is 1. The Morgan fingerprint density at radius 2 is 2.00 bits per heavy atom. The summed E-state index contributed by atoms with van der Waals surface area (Å²) in [6, 6.07) is 0. The standard InChI is InChI=1S/C3H6O3.CH5N3/c1-2-6-3(4)5;2-1(3)4/h2H2,1H3,(H,4,5);(H5,2,3,4). The Kier molecular flexibility index (Phi) is 8.56. The molecule has 6 heteroatoms. The third-order valence-electron chi connectivity index (χ3n) is 0.268. The highest BCUT2D eigenvalue weighted by Gasteiger charge is 1.86. The summed E-state index contributed by atoms with van der Waals surface area (Å²) in [7, 11) is 0. The van der Waals surface area contributed by atoms with Gasteiger partial charge in [0.2, 0.25) is 0 Å². The van der Waals surface area contributed by atoms with E-state index in [0.29, 0.717) is 0 Å². The second-order valence-electron chi connectivity index (χ2n) is 1.15. The van der Waals surface area contributed by atoms with Crippen molar-refractivity contribution in [3.63, 3.8) is 0 Å². The minimum Gasteiger partial charge on any atom is -0.450 e. The zero-order chi connectivity index (χ0) is 8.57. The summed E-state index contributed by atoms with van der Waals surface area (Å²) in [6.45, 7) is 1.85. The zero-order valence-corrected chi connectivity index (χ0v) is 5.63. The fourth-order valence-corrected chi connectivity index (χ4v) is 0.123. The summed E-state index contributed by atoms with van der Waals surface area (Å²) in [5, 5.41) is 13.7. The van der Waals surface area contributed by atoms with Crippen molar-refractivity contribution in [3.8, 4) is 0 Å². The van der Waals surface area contributed by atoms with Crippen molar-refractivity contribution in [3.05, 3.63) is 0 Å². The Morgan fingerprint density at radius 3 is 2.00 bits per heavy atom. The molecule has 0 atom stereocenters. The van der Waals surface area contributed by atoms with E-state index in [0.717, 1.165) is 0 Å². The predicted molar refractivity (Wildman–Crippen MR) is 35.8 cm³/mol. The molecule has 60 valence electrons. The number of guanidine groups is 1. The van der Waals surface area contributed by atoms with E-state index < -0.39 is 6.16 Å². The zero-order valence-electron chi connectivity index (χ0n) is 5.63. The number of nitrogens with two attached hydrogens (primary N) is 2. The molecule has 0 aliphatic heterocycles. The molecule has 0 aromatic carbocycles. The van der Waals surface area contributed by atoms with Crippen LogP contribution in [0.15, 0.2) is 0 Å². The van der Waals surface area contributed by atoms with Crippen LogP contribution in [0, 0.1) is 5.41 Å². The van der Waals surface area contributed by atoms with Crippen molar-refractivity contribution < 1.29 is 14.6 Å². The van der Waals surface area contributed by atoms with Gasteiger partial charge in [0, 0.05) is 0 Å². The molecule has 0 amide bonds. The van der Waals surface area contributed by atoms with Crippen LogP contribution in [0.1, 0.15) is 6.92 Å². The highest BCUT2D eigenvalue weighted by molar-refractivity contribution is 5.71. The number of rotatable bonds is 1. The number of ether oxygens (including phenoxy) is 1. The SMILES string of the molecule is CCOC(=O)O.N=C(N)N. The molecule has 0 rings (SSSR count). The van der Waals surface area contributed by atoms with Gasteiger partial charge in [-0.25, -0.2) is 4.79 Å². The molecule has 6 nitrogen and oxygen atoms in total. The highest BCUT2D eigenvalue weighted by atomic mass is 16.7. The first-order chi connectivity index (χ1) is 4.50. The molecule has 0 saturated carbocycles. The maximum atomic E-state index is 9.38. The van der Waals surface area contributed by atoms with Crippen LogP contribution in [0.4, 0.5) is 4.79 Å². The molecule has 0 fully saturated rings. The lowest BCUT2D eigenvalue weighted by atomic mass is 10.9.